The third-order valence-electron chi connectivity index (χ3n) is 3.18. The normalized spacial score (nSPS) is 20.9. The van der Waals surface area contributed by atoms with Crippen LogP contribution < -0.4 is 5.73 Å². The van der Waals surface area contributed by atoms with Crippen molar-refractivity contribution >= 4 is 44.7 Å². The smallest absolute Gasteiger partial charge is 0.201 e. The van der Waals surface area contributed by atoms with Gasteiger partial charge in [-0.1, -0.05) is 15.9 Å². The number of imidazole rings is 1. The van der Waals surface area contributed by atoms with Gasteiger partial charge in [0.15, 0.2) is 0 Å². The van der Waals surface area contributed by atoms with Gasteiger partial charge in [0.1, 0.15) is 0 Å². The van der Waals surface area contributed by atoms with Crippen molar-refractivity contribution in [2.75, 3.05) is 17.2 Å². The fourth-order valence-electron chi connectivity index (χ4n) is 2.40. The van der Waals surface area contributed by atoms with Gasteiger partial charge >= 0.3 is 0 Å². The summed E-state index contributed by atoms with van der Waals surface area (Å²) in [5.74, 6) is 3.06. The summed E-state index contributed by atoms with van der Waals surface area (Å²) < 4.78 is 3.28. The number of halogens is 1. The van der Waals surface area contributed by atoms with Gasteiger partial charge in [-0.15, -0.1) is 0 Å². The molecular weight excluding hydrogens is 298 g/mol. The van der Waals surface area contributed by atoms with E-state index in [0.29, 0.717) is 12.0 Å². The second-order valence-electron chi connectivity index (χ2n) is 4.34. The molecule has 0 bridgehead atoms. The van der Waals surface area contributed by atoms with Crippen molar-refractivity contribution in [1.82, 2.24) is 9.55 Å². The van der Waals surface area contributed by atoms with Gasteiger partial charge in [0, 0.05) is 16.3 Å². The molecule has 17 heavy (non-hydrogen) atoms. The molecule has 1 atom stereocenters. The number of hydrogen-bond donors (Lipinski definition) is 1. The first-order valence-corrected chi connectivity index (χ1v) is 7.71. The maximum absolute atomic E-state index is 6.06. The van der Waals surface area contributed by atoms with E-state index in [0.717, 1.165) is 21.3 Å². The van der Waals surface area contributed by atoms with Gasteiger partial charge in [-0.2, -0.15) is 11.8 Å². The first-order valence-electron chi connectivity index (χ1n) is 5.76. The maximum atomic E-state index is 6.06. The standard InChI is InChI=1S/C12H14BrN3S/c13-8-3-4-10-11(6-8)16(12(14)15-10)9-2-1-5-17-7-9/h3-4,6,9H,1-2,5,7H2,(H2,14,15). The Balaban J connectivity index is 2.13. The van der Waals surface area contributed by atoms with Crippen molar-refractivity contribution in [3.8, 4) is 0 Å². The molecule has 1 aliphatic rings. The number of nitrogens with zero attached hydrogens (tertiary/aromatic N) is 2. The lowest BCUT2D eigenvalue weighted by Gasteiger charge is -2.24. The molecule has 2 aromatic rings. The van der Waals surface area contributed by atoms with Crippen molar-refractivity contribution in [2.45, 2.75) is 18.9 Å². The minimum atomic E-state index is 0.494. The minimum absolute atomic E-state index is 0.494. The number of benzene rings is 1. The molecule has 0 saturated carbocycles. The Hall–Kier alpha value is -0.680. The highest BCUT2D eigenvalue weighted by atomic mass is 79.9. The first kappa shape index (κ1) is 11.4. The molecule has 1 aliphatic heterocycles. The van der Waals surface area contributed by atoms with E-state index < -0.39 is 0 Å². The monoisotopic (exact) mass is 311 g/mol. The predicted octanol–water partition coefficient (Wildman–Crippen LogP) is 3.45. The number of anilines is 1. The summed E-state index contributed by atoms with van der Waals surface area (Å²) in [7, 11) is 0. The molecule has 1 aromatic carbocycles. The van der Waals surface area contributed by atoms with E-state index in [9.17, 15) is 0 Å². The van der Waals surface area contributed by atoms with Crippen LogP contribution in [0.3, 0.4) is 0 Å². The lowest BCUT2D eigenvalue weighted by molar-refractivity contribution is 0.517. The Morgan fingerprint density at radius 1 is 1.47 bits per heavy atom. The van der Waals surface area contributed by atoms with E-state index in [2.05, 4.69) is 31.5 Å². The zero-order chi connectivity index (χ0) is 11.8. The molecule has 2 heterocycles. The number of nitrogens with two attached hydrogens (primary N) is 1. The molecule has 0 radical (unpaired) electrons. The second kappa shape index (κ2) is 4.53. The molecule has 1 saturated heterocycles. The number of thioether (sulfide) groups is 1. The van der Waals surface area contributed by atoms with Crippen molar-refractivity contribution in [3.63, 3.8) is 0 Å². The summed E-state index contributed by atoms with van der Waals surface area (Å²) in [4.78, 5) is 4.44. The van der Waals surface area contributed by atoms with E-state index in [1.54, 1.807) is 0 Å². The first-order chi connectivity index (χ1) is 8.25. The van der Waals surface area contributed by atoms with Crippen LogP contribution in [-0.2, 0) is 0 Å². The lowest BCUT2D eigenvalue weighted by Crippen LogP contribution is -2.17. The lowest BCUT2D eigenvalue weighted by atomic mass is 10.2. The second-order valence-corrected chi connectivity index (χ2v) is 6.41. The molecule has 0 amide bonds. The molecule has 3 rings (SSSR count). The molecule has 3 nitrogen and oxygen atoms in total. The third-order valence-corrected chi connectivity index (χ3v) is 4.87. The van der Waals surface area contributed by atoms with Gasteiger partial charge in [-0.05, 0) is 36.8 Å². The number of hydrogen-bond acceptors (Lipinski definition) is 3. The van der Waals surface area contributed by atoms with Crippen LogP contribution in [0.2, 0.25) is 0 Å². The molecule has 0 spiro atoms. The topological polar surface area (TPSA) is 43.8 Å². The number of aromatic nitrogens is 2. The average Bonchev–Trinajstić information content (AvgIpc) is 2.65. The van der Waals surface area contributed by atoms with Crippen LogP contribution in [0, 0.1) is 0 Å². The van der Waals surface area contributed by atoms with Crippen molar-refractivity contribution in [2.24, 2.45) is 0 Å². The van der Waals surface area contributed by atoms with Gasteiger partial charge in [-0.3, -0.25) is 0 Å². The van der Waals surface area contributed by atoms with Crippen LogP contribution in [0.15, 0.2) is 22.7 Å². The van der Waals surface area contributed by atoms with Gasteiger partial charge in [0.2, 0.25) is 5.95 Å². The summed E-state index contributed by atoms with van der Waals surface area (Å²) in [6, 6.07) is 6.63. The van der Waals surface area contributed by atoms with Gasteiger partial charge in [0.25, 0.3) is 0 Å². The summed E-state index contributed by atoms with van der Waals surface area (Å²) in [6.07, 6.45) is 2.47. The summed E-state index contributed by atoms with van der Waals surface area (Å²) >= 11 is 5.52. The van der Waals surface area contributed by atoms with Crippen LogP contribution in [0.1, 0.15) is 18.9 Å². The molecule has 1 unspecified atom stereocenters. The van der Waals surface area contributed by atoms with Gasteiger partial charge < -0.3 is 10.3 Å². The van der Waals surface area contributed by atoms with Crippen LogP contribution in [-0.4, -0.2) is 21.1 Å². The minimum Gasteiger partial charge on any atom is -0.369 e. The van der Waals surface area contributed by atoms with Crippen molar-refractivity contribution in [1.29, 1.82) is 0 Å². The Bertz CT molecular complexity index is 546. The van der Waals surface area contributed by atoms with E-state index >= 15 is 0 Å². The van der Waals surface area contributed by atoms with Gasteiger partial charge in [-0.25, -0.2) is 4.98 Å². The SMILES string of the molecule is Nc1nc2ccc(Br)cc2n1C1CCCSC1. The highest BCUT2D eigenvalue weighted by Gasteiger charge is 2.20. The van der Waals surface area contributed by atoms with Crippen molar-refractivity contribution in [3.05, 3.63) is 22.7 Å². The Morgan fingerprint density at radius 2 is 2.35 bits per heavy atom. The van der Waals surface area contributed by atoms with Gasteiger partial charge in [0.05, 0.1) is 11.0 Å². The van der Waals surface area contributed by atoms with E-state index in [1.165, 1.54) is 18.6 Å². The number of nitrogen functional groups attached to an aromatic ring is 1. The highest BCUT2D eigenvalue weighted by molar-refractivity contribution is 9.10. The van der Waals surface area contributed by atoms with Crippen molar-refractivity contribution < 1.29 is 0 Å². The molecular formula is C12H14BrN3S. The Morgan fingerprint density at radius 3 is 3.12 bits per heavy atom. The Kier molecular flexibility index (Phi) is 3.04. The van der Waals surface area contributed by atoms with E-state index in [-0.39, 0.29) is 0 Å². The molecule has 1 aromatic heterocycles. The Labute approximate surface area is 113 Å². The highest BCUT2D eigenvalue weighted by Crippen LogP contribution is 2.32. The van der Waals surface area contributed by atoms with Crippen LogP contribution >= 0.6 is 27.7 Å². The zero-order valence-electron chi connectivity index (χ0n) is 9.40. The molecule has 0 aliphatic carbocycles. The molecule has 90 valence electrons. The number of rotatable bonds is 1. The summed E-state index contributed by atoms with van der Waals surface area (Å²) in [6.45, 7) is 0. The summed E-state index contributed by atoms with van der Waals surface area (Å²) in [5.41, 5.74) is 8.19. The van der Waals surface area contributed by atoms with Crippen LogP contribution in [0.25, 0.3) is 11.0 Å². The van der Waals surface area contributed by atoms with E-state index in [1.807, 2.05) is 23.9 Å². The summed E-state index contributed by atoms with van der Waals surface area (Å²) in [5, 5.41) is 0. The van der Waals surface area contributed by atoms with E-state index in [4.69, 9.17) is 5.73 Å². The molecule has 5 heteroatoms. The number of fused-ring (bicyclic) bond motifs is 1. The fourth-order valence-corrected chi connectivity index (χ4v) is 3.87. The fraction of sp³-hybridized carbons (Fsp3) is 0.417. The quantitative estimate of drug-likeness (QED) is 0.877. The molecule has 1 fully saturated rings. The zero-order valence-corrected chi connectivity index (χ0v) is 11.8. The predicted molar refractivity (Wildman–Crippen MR) is 77.4 cm³/mol. The van der Waals surface area contributed by atoms with Crippen LogP contribution in [0.5, 0.6) is 0 Å². The average molecular weight is 312 g/mol. The largest absolute Gasteiger partial charge is 0.369 e. The maximum Gasteiger partial charge on any atom is 0.201 e. The molecule has 2 N–H and O–H groups in total. The third kappa shape index (κ3) is 2.06. The van der Waals surface area contributed by atoms with Crippen LogP contribution in [0.4, 0.5) is 5.95 Å².